The van der Waals surface area contributed by atoms with E-state index in [-0.39, 0.29) is 5.76 Å². The van der Waals surface area contributed by atoms with E-state index in [4.69, 9.17) is 5.73 Å². The van der Waals surface area contributed by atoms with Crippen molar-refractivity contribution in [2.24, 2.45) is 5.73 Å². The smallest absolute Gasteiger partial charge is 0.283 e. The Bertz CT molecular complexity index is 118. The number of methoxy groups -OCH3 is 1. The first-order chi connectivity index (χ1) is 3.72. The van der Waals surface area contributed by atoms with E-state index in [1.54, 1.807) is 6.92 Å². The monoisotopic (exact) mass is 115 g/mol. The van der Waals surface area contributed by atoms with E-state index in [9.17, 15) is 4.79 Å². The van der Waals surface area contributed by atoms with Crippen molar-refractivity contribution < 1.29 is 9.53 Å². The number of rotatable bonds is 2. The molecule has 8 heavy (non-hydrogen) atoms. The molecule has 0 aliphatic heterocycles. The number of carbonyl (C=O) groups excluding carboxylic acids is 1. The Labute approximate surface area is 48.1 Å². The third kappa shape index (κ3) is 1.64. The van der Waals surface area contributed by atoms with Crippen molar-refractivity contribution in [3.05, 3.63) is 11.8 Å². The summed E-state index contributed by atoms with van der Waals surface area (Å²) < 4.78 is 4.55. The predicted molar refractivity (Wildman–Crippen MR) is 30.0 cm³/mol. The van der Waals surface area contributed by atoms with Gasteiger partial charge in [0.25, 0.3) is 5.91 Å². The molecule has 0 rings (SSSR count). The standard InChI is InChI=1S/C5H9NO2/c1-3-4(8-2)5(6)7/h3H,1-2H3,(H2,6,7)/b4-3+. The van der Waals surface area contributed by atoms with E-state index >= 15 is 0 Å². The van der Waals surface area contributed by atoms with Crippen LogP contribution in [-0.2, 0) is 9.53 Å². The molecule has 0 radical (unpaired) electrons. The highest BCUT2D eigenvalue weighted by Gasteiger charge is 1.98. The maximum atomic E-state index is 10.2. The molecule has 0 aliphatic rings. The summed E-state index contributed by atoms with van der Waals surface area (Å²) in [7, 11) is 1.40. The van der Waals surface area contributed by atoms with E-state index in [0.29, 0.717) is 0 Å². The summed E-state index contributed by atoms with van der Waals surface area (Å²) in [5, 5.41) is 0. The number of hydrogen-bond acceptors (Lipinski definition) is 2. The van der Waals surface area contributed by atoms with Crippen molar-refractivity contribution in [2.75, 3.05) is 7.11 Å². The summed E-state index contributed by atoms with van der Waals surface area (Å²) in [4.78, 5) is 10.2. The molecule has 3 nitrogen and oxygen atoms in total. The van der Waals surface area contributed by atoms with Crippen LogP contribution < -0.4 is 5.73 Å². The van der Waals surface area contributed by atoms with Gasteiger partial charge in [0, 0.05) is 0 Å². The summed E-state index contributed by atoms with van der Waals surface area (Å²) in [5.41, 5.74) is 4.83. The second-order valence-corrected chi connectivity index (χ2v) is 1.22. The first kappa shape index (κ1) is 7.01. The minimum atomic E-state index is -0.532. The fraction of sp³-hybridized carbons (Fsp3) is 0.400. The van der Waals surface area contributed by atoms with Gasteiger partial charge in [-0.25, -0.2) is 0 Å². The Morgan fingerprint density at radius 3 is 2.25 bits per heavy atom. The van der Waals surface area contributed by atoms with Gasteiger partial charge in [0.05, 0.1) is 7.11 Å². The van der Waals surface area contributed by atoms with Crippen LogP contribution in [0.25, 0.3) is 0 Å². The predicted octanol–water partition coefficient (Wildman–Crippen LogP) is 0.0219. The Balaban J connectivity index is 3.92. The highest BCUT2D eigenvalue weighted by atomic mass is 16.5. The zero-order valence-electron chi connectivity index (χ0n) is 4.97. The highest BCUT2D eigenvalue weighted by Crippen LogP contribution is 1.89. The van der Waals surface area contributed by atoms with Gasteiger partial charge in [-0.05, 0) is 13.0 Å². The number of primary amides is 1. The minimum absolute atomic E-state index is 0.199. The molecule has 0 aliphatic carbocycles. The number of ether oxygens (including phenoxy) is 1. The zero-order chi connectivity index (χ0) is 6.57. The zero-order valence-corrected chi connectivity index (χ0v) is 4.97. The summed E-state index contributed by atoms with van der Waals surface area (Å²) in [5.74, 6) is -0.333. The number of nitrogens with two attached hydrogens (primary N) is 1. The van der Waals surface area contributed by atoms with Crippen LogP contribution in [0.4, 0.5) is 0 Å². The van der Waals surface area contributed by atoms with E-state index in [2.05, 4.69) is 4.74 Å². The maximum Gasteiger partial charge on any atom is 0.283 e. The Kier molecular flexibility index (Phi) is 2.69. The van der Waals surface area contributed by atoms with Gasteiger partial charge in [0.1, 0.15) is 0 Å². The van der Waals surface area contributed by atoms with E-state index in [0.717, 1.165) is 0 Å². The molecule has 1 amide bonds. The lowest BCUT2D eigenvalue weighted by molar-refractivity contribution is -0.117. The normalized spacial score (nSPS) is 11.0. The molecule has 0 saturated heterocycles. The van der Waals surface area contributed by atoms with Crippen LogP contribution in [-0.4, -0.2) is 13.0 Å². The molecule has 0 unspecified atom stereocenters. The molecule has 0 aromatic heterocycles. The average molecular weight is 115 g/mol. The van der Waals surface area contributed by atoms with Crippen molar-refractivity contribution >= 4 is 5.91 Å². The van der Waals surface area contributed by atoms with Crippen LogP contribution in [0.15, 0.2) is 11.8 Å². The lowest BCUT2D eigenvalue weighted by Gasteiger charge is -1.96. The van der Waals surface area contributed by atoms with E-state index in [1.807, 2.05) is 0 Å². The van der Waals surface area contributed by atoms with Crippen LogP contribution in [0.1, 0.15) is 6.92 Å². The third-order valence-electron chi connectivity index (χ3n) is 0.725. The van der Waals surface area contributed by atoms with Gasteiger partial charge >= 0.3 is 0 Å². The Morgan fingerprint density at radius 2 is 2.25 bits per heavy atom. The first-order valence-corrected chi connectivity index (χ1v) is 2.22. The van der Waals surface area contributed by atoms with Gasteiger partial charge in [-0.3, -0.25) is 4.79 Å². The Morgan fingerprint density at radius 1 is 1.75 bits per heavy atom. The first-order valence-electron chi connectivity index (χ1n) is 2.22. The second-order valence-electron chi connectivity index (χ2n) is 1.22. The van der Waals surface area contributed by atoms with Gasteiger partial charge in [-0.1, -0.05) is 0 Å². The van der Waals surface area contributed by atoms with Gasteiger partial charge in [-0.15, -0.1) is 0 Å². The maximum absolute atomic E-state index is 10.2. The SMILES string of the molecule is C/C=C(/OC)C(N)=O. The molecule has 0 aromatic rings. The molecule has 0 aromatic carbocycles. The van der Waals surface area contributed by atoms with Crippen LogP contribution in [0.2, 0.25) is 0 Å². The summed E-state index contributed by atoms with van der Waals surface area (Å²) in [6.45, 7) is 1.68. The average Bonchev–Trinajstić information content (AvgIpc) is 1.69. The van der Waals surface area contributed by atoms with Crippen LogP contribution >= 0.6 is 0 Å². The second kappa shape index (κ2) is 3.07. The summed E-state index contributed by atoms with van der Waals surface area (Å²) >= 11 is 0. The van der Waals surface area contributed by atoms with Crippen molar-refractivity contribution in [2.45, 2.75) is 6.92 Å². The van der Waals surface area contributed by atoms with E-state index < -0.39 is 5.91 Å². The molecular formula is C5H9NO2. The van der Waals surface area contributed by atoms with Gasteiger partial charge in [0.2, 0.25) is 0 Å². The molecule has 0 heterocycles. The summed E-state index contributed by atoms with van der Waals surface area (Å²) in [6, 6.07) is 0. The van der Waals surface area contributed by atoms with Crippen LogP contribution in [0.5, 0.6) is 0 Å². The highest BCUT2D eigenvalue weighted by molar-refractivity contribution is 5.89. The molecule has 0 atom stereocenters. The van der Waals surface area contributed by atoms with Crippen molar-refractivity contribution in [3.8, 4) is 0 Å². The molecule has 0 saturated carbocycles. The van der Waals surface area contributed by atoms with Gasteiger partial charge < -0.3 is 10.5 Å². The number of carbonyl (C=O) groups is 1. The van der Waals surface area contributed by atoms with Crippen LogP contribution in [0.3, 0.4) is 0 Å². The van der Waals surface area contributed by atoms with Crippen molar-refractivity contribution in [3.63, 3.8) is 0 Å². The number of amides is 1. The van der Waals surface area contributed by atoms with Crippen LogP contribution in [0, 0.1) is 0 Å². The quantitative estimate of drug-likeness (QED) is 0.407. The molecule has 2 N–H and O–H groups in total. The molecule has 0 spiro atoms. The van der Waals surface area contributed by atoms with Gasteiger partial charge in [-0.2, -0.15) is 0 Å². The van der Waals surface area contributed by atoms with Crippen molar-refractivity contribution in [1.82, 2.24) is 0 Å². The fourth-order valence-corrected chi connectivity index (χ4v) is 0.361. The van der Waals surface area contributed by atoms with E-state index in [1.165, 1.54) is 13.2 Å². The fourth-order valence-electron chi connectivity index (χ4n) is 0.361. The largest absolute Gasteiger partial charge is 0.491 e. The lowest BCUT2D eigenvalue weighted by Crippen LogP contribution is -2.14. The number of allylic oxidation sites excluding steroid dienone is 1. The molecule has 46 valence electrons. The molecule has 0 fully saturated rings. The van der Waals surface area contributed by atoms with Gasteiger partial charge in [0.15, 0.2) is 5.76 Å². The molecule has 3 heteroatoms. The number of hydrogen-bond donors (Lipinski definition) is 1. The third-order valence-corrected chi connectivity index (χ3v) is 0.725. The van der Waals surface area contributed by atoms with Crippen molar-refractivity contribution in [1.29, 1.82) is 0 Å². The molecular weight excluding hydrogens is 106 g/mol. The topological polar surface area (TPSA) is 52.3 Å². The minimum Gasteiger partial charge on any atom is -0.491 e. The molecule has 0 bridgehead atoms. The summed E-state index contributed by atoms with van der Waals surface area (Å²) in [6.07, 6.45) is 1.52. The lowest BCUT2D eigenvalue weighted by atomic mass is 10.4. The Hall–Kier alpha value is -0.990.